The van der Waals surface area contributed by atoms with E-state index in [0.29, 0.717) is 12.8 Å². The molecule has 0 rings (SSSR count). The second-order valence-electron chi connectivity index (χ2n) is 8.50. The summed E-state index contributed by atoms with van der Waals surface area (Å²) in [6.45, 7) is 7.57. The maximum absolute atomic E-state index is 12.8. The Morgan fingerprint density at radius 2 is 1.25 bits per heavy atom. The smallest absolute Gasteiger partial charge is 0.326 e. The third-order valence-electron chi connectivity index (χ3n) is 4.48. The van der Waals surface area contributed by atoms with Gasteiger partial charge in [0.15, 0.2) is 0 Å². The Morgan fingerprint density at radius 1 is 0.781 bits per heavy atom. The minimum absolute atomic E-state index is 0.0445. The second kappa shape index (κ2) is 14.7. The molecule has 0 aliphatic carbocycles. The van der Waals surface area contributed by atoms with Gasteiger partial charge in [-0.15, -0.1) is 0 Å². The van der Waals surface area contributed by atoms with Gasteiger partial charge in [-0.05, 0) is 31.1 Å². The summed E-state index contributed by atoms with van der Waals surface area (Å²) in [6.07, 6.45) is -0.0304. The van der Waals surface area contributed by atoms with Crippen molar-refractivity contribution in [1.82, 2.24) is 16.0 Å². The highest BCUT2D eigenvalue weighted by molar-refractivity contribution is 7.80. The van der Waals surface area contributed by atoms with Crippen LogP contribution in [0.3, 0.4) is 0 Å². The normalized spacial score (nSPS) is 14.9. The molecule has 0 saturated heterocycles. The minimum Gasteiger partial charge on any atom is -0.481 e. The molecule has 12 heteroatoms. The molecular formula is C20H36N4O7S. The van der Waals surface area contributed by atoms with Crippen molar-refractivity contribution in [2.75, 3.05) is 5.75 Å². The van der Waals surface area contributed by atoms with Crippen LogP contribution in [0.5, 0.6) is 0 Å². The minimum atomic E-state index is -1.43. The predicted molar refractivity (Wildman–Crippen MR) is 121 cm³/mol. The fourth-order valence-electron chi connectivity index (χ4n) is 2.86. The Hall–Kier alpha value is -2.34. The van der Waals surface area contributed by atoms with E-state index in [1.54, 1.807) is 0 Å². The maximum Gasteiger partial charge on any atom is 0.326 e. The quantitative estimate of drug-likeness (QED) is 0.157. The Kier molecular flexibility index (Phi) is 13.6. The monoisotopic (exact) mass is 476 g/mol. The number of hydrogen-bond donors (Lipinski definition) is 7. The van der Waals surface area contributed by atoms with E-state index in [2.05, 4.69) is 28.6 Å². The number of thiol groups is 1. The highest BCUT2D eigenvalue weighted by Crippen LogP contribution is 2.08. The highest BCUT2D eigenvalue weighted by Gasteiger charge is 2.30. The first-order valence-electron chi connectivity index (χ1n) is 10.5. The predicted octanol–water partition coefficient (Wildman–Crippen LogP) is -0.260. The number of carbonyl (C=O) groups is 5. The molecule has 0 radical (unpaired) electrons. The van der Waals surface area contributed by atoms with Crippen LogP contribution < -0.4 is 21.7 Å². The van der Waals surface area contributed by atoms with Gasteiger partial charge in [0.25, 0.3) is 0 Å². The van der Waals surface area contributed by atoms with Gasteiger partial charge in [0.2, 0.25) is 17.7 Å². The average Bonchev–Trinajstić information content (AvgIpc) is 2.66. The summed E-state index contributed by atoms with van der Waals surface area (Å²) in [7, 11) is 0. The third kappa shape index (κ3) is 11.9. The number of nitrogens with one attached hydrogen (secondary N) is 3. The molecule has 0 aromatic heterocycles. The molecule has 0 aromatic rings. The Labute approximate surface area is 193 Å². The lowest BCUT2D eigenvalue weighted by Gasteiger charge is -2.25. The second-order valence-corrected chi connectivity index (χ2v) is 8.87. The zero-order chi connectivity index (χ0) is 25.0. The number of hydrogen-bond acceptors (Lipinski definition) is 7. The van der Waals surface area contributed by atoms with Gasteiger partial charge in [0, 0.05) is 12.2 Å². The van der Waals surface area contributed by atoms with Gasteiger partial charge in [0.1, 0.15) is 18.1 Å². The number of carboxylic acids is 2. The van der Waals surface area contributed by atoms with Gasteiger partial charge in [0.05, 0.1) is 6.04 Å². The molecule has 7 N–H and O–H groups in total. The summed E-state index contributed by atoms with van der Waals surface area (Å²) in [4.78, 5) is 59.6. The van der Waals surface area contributed by atoms with E-state index in [1.807, 2.05) is 27.7 Å². The fourth-order valence-corrected chi connectivity index (χ4v) is 3.12. The maximum atomic E-state index is 12.8. The van der Waals surface area contributed by atoms with Gasteiger partial charge in [-0.25, -0.2) is 4.79 Å². The van der Waals surface area contributed by atoms with E-state index in [4.69, 9.17) is 10.8 Å². The van der Waals surface area contributed by atoms with Crippen LogP contribution in [0, 0.1) is 11.8 Å². The van der Waals surface area contributed by atoms with Crippen molar-refractivity contribution >= 4 is 42.3 Å². The van der Waals surface area contributed by atoms with Gasteiger partial charge in [-0.2, -0.15) is 12.6 Å². The van der Waals surface area contributed by atoms with Crippen molar-refractivity contribution in [2.45, 2.75) is 77.5 Å². The number of nitrogens with two attached hydrogens (primary N) is 1. The van der Waals surface area contributed by atoms with Crippen molar-refractivity contribution in [3.63, 3.8) is 0 Å². The SMILES string of the molecule is CC(C)CC(N)C(=O)NC(CC(C)C)C(=O)NC(CS)C(=O)NC(CCC(=O)O)C(=O)O. The molecule has 0 fully saturated rings. The molecule has 32 heavy (non-hydrogen) atoms. The fraction of sp³-hybridized carbons (Fsp3) is 0.750. The molecule has 184 valence electrons. The zero-order valence-corrected chi connectivity index (χ0v) is 19.9. The Balaban J connectivity index is 5.23. The van der Waals surface area contributed by atoms with Crippen molar-refractivity contribution in [1.29, 1.82) is 0 Å². The van der Waals surface area contributed by atoms with Crippen LogP contribution in [0.2, 0.25) is 0 Å². The molecule has 3 amide bonds. The van der Waals surface area contributed by atoms with Gasteiger partial charge < -0.3 is 31.9 Å². The summed E-state index contributed by atoms with van der Waals surface area (Å²) in [5.74, 6) is -4.44. The van der Waals surface area contributed by atoms with E-state index in [9.17, 15) is 29.1 Å². The van der Waals surface area contributed by atoms with E-state index >= 15 is 0 Å². The van der Waals surface area contributed by atoms with Crippen LogP contribution in [0.15, 0.2) is 0 Å². The standard InChI is InChI=1S/C20H36N4O7S/c1-10(2)7-12(21)17(27)23-14(8-11(3)4)18(28)24-15(9-32)19(29)22-13(20(30)31)5-6-16(25)26/h10-15,32H,5-9,21H2,1-4H3,(H,22,29)(H,23,27)(H,24,28)(H,25,26)(H,30,31). The molecule has 0 bridgehead atoms. The number of carbonyl (C=O) groups excluding carboxylic acids is 3. The van der Waals surface area contributed by atoms with E-state index in [-0.39, 0.29) is 24.0 Å². The van der Waals surface area contributed by atoms with Crippen LogP contribution in [0.4, 0.5) is 0 Å². The molecule has 0 aliphatic rings. The van der Waals surface area contributed by atoms with Crippen molar-refractivity contribution in [2.24, 2.45) is 17.6 Å². The largest absolute Gasteiger partial charge is 0.481 e. The molecular weight excluding hydrogens is 440 g/mol. The molecule has 0 saturated carbocycles. The van der Waals surface area contributed by atoms with Crippen LogP contribution in [-0.4, -0.2) is 69.8 Å². The topological polar surface area (TPSA) is 188 Å². The Morgan fingerprint density at radius 3 is 1.69 bits per heavy atom. The summed E-state index contributed by atoms with van der Waals surface area (Å²) >= 11 is 4.04. The first-order valence-corrected chi connectivity index (χ1v) is 11.1. The lowest BCUT2D eigenvalue weighted by Crippen LogP contribution is -2.58. The molecule has 0 heterocycles. The van der Waals surface area contributed by atoms with Crippen LogP contribution >= 0.6 is 12.6 Å². The third-order valence-corrected chi connectivity index (χ3v) is 4.84. The summed E-state index contributed by atoms with van der Waals surface area (Å²) < 4.78 is 0. The lowest BCUT2D eigenvalue weighted by atomic mass is 10.0. The first-order chi connectivity index (χ1) is 14.8. The van der Waals surface area contributed by atoms with Crippen LogP contribution in [0.25, 0.3) is 0 Å². The lowest BCUT2D eigenvalue weighted by molar-refractivity contribution is -0.143. The zero-order valence-electron chi connectivity index (χ0n) is 19.0. The van der Waals surface area contributed by atoms with Crippen LogP contribution in [-0.2, 0) is 24.0 Å². The number of aliphatic carboxylic acids is 2. The summed E-state index contributed by atoms with van der Waals surface area (Å²) in [5.41, 5.74) is 5.89. The number of rotatable bonds is 15. The molecule has 4 atom stereocenters. The number of carboxylic acid groups (broad SMARTS) is 2. The molecule has 0 aliphatic heterocycles. The van der Waals surface area contributed by atoms with E-state index < -0.39 is 60.2 Å². The Bertz CT molecular complexity index is 672. The average molecular weight is 477 g/mol. The van der Waals surface area contributed by atoms with Crippen molar-refractivity contribution in [3.05, 3.63) is 0 Å². The summed E-state index contributed by atoms with van der Waals surface area (Å²) in [5, 5.41) is 25.2. The number of amides is 3. The van der Waals surface area contributed by atoms with E-state index in [1.165, 1.54) is 0 Å². The van der Waals surface area contributed by atoms with Crippen LogP contribution in [0.1, 0.15) is 53.4 Å². The van der Waals surface area contributed by atoms with Gasteiger partial charge in [-0.1, -0.05) is 27.7 Å². The van der Waals surface area contributed by atoms with Crippen molar-refractivity contribution < 1.29 is 34.2 Å². The molecule has 0 spiro atoms. The van der Waals surface area contributed by atoms with Gasteiger partial charge in [-0.3, -0.25) is 19.2 Å². The highest BCUT2D eigenvalue weighted by atomic mass is 32.1. The molecule has 0 aromatic carbocycles. The molecule has 11 nitrogen and oxygen atoms in total. The first kappa shape index (κ1) is 29.7. The molecule has 4 unspecified atom stereocenters. The van der Waals surface area contributed by atoms with Gasteiger partial charge >= 0.3 is 11.9 Å². The summed E-state index contributed by atoms with van der Waals surface area (Å²) in [6, 6.07) is -4.35. The van der Waals surface area contributed by atoms with Crippen molar-refractivity contribution in [3.8, 4) is 0 Å². The van der Waals surface area contributed by atoms with E-state index in [0.717, 1.165) is 0 Å².